The van der Waals surface area contributed by atoms with Crippen molar-refractivity contribution in [3.8, 4) is 0 Å². The molecule has 1 amide bonds. The molecule has 0 radical (unpaired) electrons. The molecule has 8 nitrogen and oxygen atoms in total. The lowest BCUT2D eigenvalue weighted by Gasteiger charge is -2.33. The summed E-state index contributed by atoms with van der Waals surface area (Å²) < 4.78 is 44.2. The normalized spacial score (nSPS) is 16.0. The summed E-state index contributed by atoms with van der Waals surface area (Å²) in [7, 11) is 3.67. The number of alkyl halides is 3. The van der Waals surface area contributed by atoms with Crippen molar-refractivity contribution in [2.45, 2.75) is 25.6 Å². The lowest BCUT2D eigenvalue weighted by Crippen LogP contribution is -2.44. The van der Waals surface area contributed by atoms with Gasteiger partial charge in [-0.3, -0.25) is 9.69 Å². The molecule has 1 fully saturated rings. The van der Waals surface area contributed by atoms with Crippen LogP contribution in [0.2, 0.25) is 0 Å². The van der Waals surface area contributed by atoms with Crippen LogP contribution in [0, 0.1) is 0 Å². The number of piperazine rings is 1. The number of carbonyl (C=O) groups is 1. The Kier molecular flexibility index (Phi) is 7.72. The number of hydrogen-bond donors (Lipinski definition) is 3. The number of hydrogen-bond acceptors (Lipinski definition) is 7. The average Bonchev–Trinajstić information content (AvgIpc) is 3.39. The van der Waals surface area contributed by atoms with E-state index in [4.69, 9.17) is 0 Å². The van der Waals surface area contributed by atoms with Gasteiger partial charge in [-0.05, 0) is 53.9 Å². The molecule has 39 heavy (non-hydrogen) atoms. The monoisotopic (exact) mass is 539 g/mol. The van der Waals surface area contributed by atoms with Crippen LogP contribution in [0.5, 0.6) is 0 Å². The maximum Gasteiger partial charge on any atom is 0.417 e. The number of rotatable bonds is 7. The van der Waals surface area contributed by atoms with E-state index in [9.17, 15) is 18.0 Å². The molecule has 2 aliphatic rings. The predicted octanol–water partition coefficient (Wildman–Crippen LogP) is 4.10. The summed E-state index contributed by atoms with van der Waals surface area (Å²) in [6.45, 7) is 3.94. The van der Waals surface area contributed by atoms with Crippen molar-refractivity contribution in [1.29, 1.82) is 0 Å². The van der Waals surface area contributed by atoms with Gasteiger partial charge in [0.05, 0.1) is 5.56 Å². The zero-order chi connectivity index (χ0) is 27.6. The maximum atomic E-state index is 14.7. The van der Waals surface area contributed by atoms with Gasteiger partial charge < -0.3 is 20.9 Å². The Morgan fingerprint density at radius 1 is 1.08 bits per heavy atom. The topological polar surface area (TPSA) is 85.4 Å². The van der Waals surface area contributed by atoms with Crippen molar-refractivity contribution in [3.05, 3.63) is 76.1 Å². The predicted molar refractivity (Wildman–Crippen MR) is 145 cm³/mol. The van der Waals surface area contributed by atoms with Crippen molar-refractivity contribution in [2.24, 2.45) is 0 Å². The summed E-state index contributed by atoms with van der Waals surface area (Å²) in [5, 5.41) is 8.82. The first kappa shape index (κ1) is 26.9. The van der Waals surface area contributed by atoms with E-state index < -0.39 is 17.6 Å². The number of nitrogens with one attached hydrogen (secondary N) is 3. The SMILES string of the molecule is CNc1ncc(Cc2c(NC(=O)c3ccc4c(c3)NCC4)ccc(CN3CCN(C)CC3)c2C(F)(F)F)cn1. The van der Waals surface area contributed by atoms with Crippen LogP contribution in [0.25, 0.3) is 0 Å². The minimum Gasteiger partial charge on any atom is -0.384 e. The van der Waals surface area contributed by atoms with Crippen molar-refractivity contribution < 1.29 is 18.0 Å². The molecular weight excluding hydrogens is 507 g/mol. The average molecular weight is 540 g/mol. The molecule has 11 heteroatoms. The lowest BCUT2D eigenvalue weighted by molar-refractivity contribution is -0.139. The van der Waals surface area contributed by atoms with Gasteiger partial charge in [0, 0.05) is 82.1 Å². The highest BCUT2D eigenvalue weighted by molar-refractivity contribution is 6.05. The van der Waals surface area contributed by atoms with Crippen LogP contribution >= 0.6 is 0 Å². The molecule has 3 aromatic rings. The van der Waals surface area contributed by atoms with Crippen molar-refractivity contribution in [1.82, 2.24) is 19.8 Å². The Morgan fingerprint density at radius 2 is 1.82 bits per heavy atom. The smallest absolute Gasteiger partial charge is 0.384 e. The van der Waals surface area contributed by atoms with Gasteiger partial charge in [-0.25, -0.2) is 9.97 Å². The van der Waals surface area contributed by atoms with Gasteiger partial charge in [0.1, 0.15) is 0 Å². The van der Waals surface area contributed by atoms with Gasteiger partial charge in [-0.15, -0.1) is 0 Å². The molecule has 0 spiro atoms. The molecule has 2 aliphatic heterocycles. The molecule has 0 aliphatic carbocycles. The quantitative estimate of drug-likeness (QED) is 0.417. The zero-order valence-corrected chi connectivity index (χ0v) is 22.0. The van der Waals surface area contributed by atoms with E-state index >= 15 is 0 Å². The molecule has 5 rings (SSSR count). The third-order valence-electron chi connectivity index (χ3n) is 7.31. The molecule has 1 aromatic heterocycles. The maximum absolute atomic E-state index is 14.7. The lowest BCUT2D eigenvalue weighted by atomic mass is 9.93. The molecule has 206 valence electrons. The highest BCUT2D eigenvalue weighted by Crippen LogP contribution is 2.40. The van der Waals surface area contributed by atoms with Crippen LogP contribution in [-0.2, 0) is 25.6 Å². The van der Waals surface area contributed by atoms with Crippen LogP contribution in [-0.4, -0.2) is 72.5 Å². The van der Waals surface area contributed by atoms with Crippen LogP contribution in [0.4, 0.5) is 30.5 Å². The molecule has 0 saturated carbocycles. The number of anilines is 3. The van der Waals surface area contributed by atoms with E-state index in [-0.39, 0.29) is 29.8 Å². The highest BCUT2D eigenvalue weighted by Gasteiger charge is 2.38. The van der Waals surface area contributed by atoms with Crippen LogP contribution in [0.15, 0.2) is 42.7 Å². The number of amides is 1. The minimum atomic E-state index is -4.62. The molecule has 3 heterocycles. The Labute approximate surface area is 225 Å². The first-order valence-electron chi connectivity index (χ1n) is 13.0. The van der Waals surface area contributed by atoms with E-state index in [0.717, 1.165) is 37.3 Å². The Balaban J connectivity index is 1.52. The number of likely N-dealkylation sites (N-methyl/N-ethyl adjacent to an activating group) is 1. The van der Waals surface area contributed by atoms with E-state index in [1.807, 2.05) is 18.0 Å². The fourth-order valence-electron chi connectivity index (χ4n) is 5.13. The summed E-state index contributed by atoms with van der Waals surface area (Å²) in [5.41, 5.74) is 2.48. The van der Waals surface area contributed by atoms with Crippen molar-refractivity contribution >= 4 is 23.2 Å². The summed E-state index contributed by atoms with van der Waals surface area (Å²) >= 11 is 0. The molecule has 3 N–H and O–H groups in total. The number of fused-ring (bicyclic) bond motifs is 1. The standard InChI is InChI=1S/C28H32F3N7O/c1-32-27-34-15-18(16-35-27)13-22-23(36-26(39)20-4-3-19-7-8-33-24(19)14-20)6-5-21(25(22)28(29,30)31)17-38-11-9-37(2)10-12-38/h3-6,14-16,33H,7-13,17H2,1-2H3,(H,36,39)(H,32,34,35). The zero-order valence-electron chi connectivity index (χ0n) is 22.0. The molecule has 0 unspecified atom stereocenters. The van der Waals surface area contributed by atoms with Crippen LogP contribution in [0.1, 0.15) is 38.2 Å². The fraction of sp³-hybridized carbons (Fsp3) is 0.393. The second kappa shape index (κ2) is 11.2. The van der Waals surface area contributed by atoms with E-state index in [1.165, 1.54) is 18.5 Å². The van der Waals surface area contributed by atoms with Gasteiger partial charge >= 0.3 is 6.18 Å². The fourth-order valence-corrected chi connectivity index (χ4v) is 5.13. The third-order valence-corrected chi connectivity index (χ3v) is 7.31. The second-order valence-corrected chi connectivity index (χ2v) is 10.0. The largest absolute Gasteiger partial charge is 0.417 e. The van der Waals surface area contributed by atoms with Crippen LogP contribution in [0.3, 0.4) is 0 Å². The number of aromatic nitrogens is 2. The number of halogens is 3. The Bertz CT molecular complexity index is 1340. The van der Waals surface area contributed by atoms with Gasteiger partial charge in [0.15, 0.2) is 0 Å². The first-order valence-corrected chi connectivity index (χ1v) is 13.0. The Hall–Kier alpha value is -3.70. The molecular formula is C28H32F3N7O. The summed E-state index contributed by atoms with van der Waals surface area (Å²) in [4.78, 5) is 25.8. The van der Waals surface area contributed by atoms with E-state index in [2.05, 4.69) is 30.8 Å². The Morgan fingerprint density at radius 3 is 2.51 bits per heavy atom. The van der Waals surface area contributed by atoms with Gasteiger partial charge in [0.2, 0.25) is 5.95 Å². The third kappa shape index (κ3) is 6.15. The van der Waals surface area contributed by atoms with Gasteiger partial charge in [0.25, 0.3) is 5.91 Å². The number of nitrogens with zero attached hydrogens (tertiary/aromatic N) is 4. The van der Waals surface area contributed by atoms with Gasteiger partial charge in [-0.2, -0.15) is 13.2 Å². The number of carbonyl (C=O) groups excluding carboxylic acids is 1. The molecule has 0 bridgehead atoms. The summed E-state index contributed by atoms with van der Waals surface area (Å²) in [6, 6.07) is 8.41. The van der Waals surface area contributed by atoms with Crippen molar-refractivity contribution in [3.63, 3.8) is 0 Å². The molecule has 1 saturated heterocycles. The van der Waals surface area contributed by atoms with E-state index in [1.54, 1.807) is 25.2 Å². The van der Waals surface area contributed by atoms with E-state index in [0.29, 0.717) is 30.2 Å². The molecule has 0 atom stereocenters. The minimum absolute atomic E-state index is 0.00238. The van der Waals surface area contributed by atoms with Crippen molar-refractivity contribution in [2.75, 3.05) is 62.8 Å². The summed E-state index contributed by atoms with van der Waals surface area (Å²) in [6.07, 6.45) is -0.828. The number of benzene rings is 2. The summed E-state index contributed by atoms with van der Waals surface area (Å²) in [5.74, 6) is -0.0909. The van der Waals surface area contributed by atoms with Crippen LogP contribution < -0.4 is 16.0 Å². The highest BCUT2D eigenvalue weighted by atomic mass is 19.4. The first-order chi connectivity index (χ1) is 18.7. The van der Waals surface area contributed by atoms with Gasteiger partial charge in [-0.1, -0.05) is 12.1 Å². The second-order valence-electron chi connectivity index (χ2n) is 10.0. The molecule has 2 aromatic carbocycles.